The van der Waals surface area contributed by atoms with E-state index in [2.05, 4.69) is 20.6 Å². The van der Waals surface area contributed by atoms with Gasteiger partial charge in [-0.1, -0.05) is 6.07 Å². The first kappa shape index (κ1) is 11.7. The number of phenolic OH excluding ortho intramolecular Hbond substituents is 1. The minimum Gasteiger partial charge on any atom is -0.508 e. The van der Waals surface area contributed by atoms with Gasteiger partial charge in [0.05, 0.1) is 5.69 Å². The molecule has 6 heteroatoms. The molecule has 0 bridgehead atoms. The summed E-state index contributed by atoms with van der Waals surface area (Å²) in [6.45, 7) is 1.61. The number of nitrogens with two attached hydrogens (primary N) is 1. The Morgan fingerprint density at radius 1 is 1.32 bits per heavy atom. The van der Waals surface area contributed by atoms with Crippen molar-refractivity contribution in [3.05, 3.63) is 35.5 Å². The number of hydrogen-bond donors (Lipinski definition) is 4. The largest absolute Gasteiger partial charge is 0.508 e. The third kappa shape index (κ3) is 2.43. The molecule has 2 heterocycles. The summed E-state index contributed by atoms with van der Waals surface area (Å²) in [5, 5.41) is 15.7. The number of aromatic nitrogens is 2. The van der Waals surface area contributed by atoms with Gasteiger partial charge in [-0.2, -0.15) is 4.98 Å². The van der Waals surface area contributed by atoms with Gasteiger partial charge in [-0.25, -0.2) is 4.98 Å². The number of hydrogen-bond acceptors (Lipinski definition) is 6. The zero-order valence-electron chi connectivity index (χ0n) is 10.3. The molecule has 6 nitrogen and oxygen atoms in total. The maximum Gasteiger partial charge on any atom is 0.229 e. The second kappa shape index (κ2) is 4.74. The summed E-state index contributed by atoms with van der Waals surface area (Å²) in [7, 11) is 0. The zero-order valence-corrected chi connectivity index (χ0v) is 10.3. The Kier molecular flexibility index (Phi) is 2.92. The van der Waals surface area contributed by atoms with Crippen LogP contribution in [0, 0.1) is 0 Å². The van der Waals surface area contributed by atoms with Crippen molar-refractivity contribution in [3.8, 4) is 5.75 Å². The fraction of sp³-hybridized carbons (Fsp3) is 0.231. The van der Waals surface area contributed by atoms with Crippen molar-refractivity contribution in [2.75, 3.05) is 17.6 Å². The molecule has 1 aliphatic heterocycles. The van der Waals surface area contributed by atoms with Crippen LogP contribution < -0.4 is 16.4 Å². The van der Waals surface area contributed by atoms with Crippen LogP contribution in [0.1, 0.15) is 11.3 Å². The summed E-state index contributed by atoms with van der Waals surface area (Å²) >= 11 is 0. The molecule has 0 spiro atoms. The van der Waals surface area contributed by atoms with Gasteiger partial charge in [-0.15, -0.1) is 0 Å². The Labute approximate surface area is 110 Å². The van der Waals surface area contributed by atoms with E-state index in [1.165, 1.54) is 0 Å². The smallest absolute Gasteiger partial charge is 0.229 e. The van der Waals surface area contributed by atoms with Crippen LogP contribution in [0.4, 0.5) is 17.5 Å². The van der Waals surface area contributed by atoms with Crippen LogP contribution in [0.5, 0.6) is 5.75 Å². The Morgan fingerprint density at radius 2 is 2.21 bits per heavy atom. The Morgan fingerprint density at radius 3 is 3.05 bits per heavy atom. The van der Waals surface area contributed by atoms with Gasteiger partial charge >= 0.3 is 0 Å². The molecule has 1 aromatic carbocycles. The molecule has 0 aliphatic carbocycles. The Hall–Kier alpha value is -2.34. The van der Waals surface area contributed by atoms with Gasteiger partial charge in [0.25, 0.3) is 0 Å². The van der Waals surface area contributed by atoms with Crippen molar-refractivity contribution in [2.45, 2.75) is 13.0 Å². The molecule has 5 N–H and O–H groups in total. The van der Waals surface area contributed by atoms with E-state index in [1.807, 2.05) is 6.07 Å². The lowest BCUT2D eigenvalue weighted by Gasteiger charge is -2.18. The van der Waals surface area contributed by atoms with Crippen LogP contribution in [0.2, 0.25) is 0 Å². The fourth-order valence-electron chi connectivity index (χ4n) is 2.16. The van der Waals surface area contributed by atoms with E-state index in [-0.39, 0.29) is 5.75 Å². The third-order valence-electron chi connectivity index (χ3n) is 3.07. The average Bonchev–Trinajstić information content (AvgIpc) is 2.39. The lowest BCUT2D eigenvalue weighted by molar-refractivity contribution is 0.475. The SMILES string of the molecule is Nc1nc(Nc2cccc(O)c2)nc2c1CCNC2. The molecule has 0 saturated carbocycles. The number of nitrogen functional groups attached to an aromatic ring is 1. The first-order chi connectivity index (χ1) is 9.22. The lowest BCUT2D eigenvalue weighted by atomic mass is 10.1. The number of aromatic hydroxyl groups is 1. The van der Waals surface area contributed by atoms with Crippen LogP contribution in [0.3, 0.4) is 0 Å². The highest BCUT2D eigenvalue weighted by molar-refractivity contribution is 5.58. The summed E-state index contributed by atoms with van der Waals surface area (Å²) in [6, 6.07) is 6.80. The highest BCUT2D eigenvalue weighted by atomic mass is 16.3. The van der Waals surface area contributed by atoms with Gasteiger partial charge in [0.2, 0.25) is 5.95 Å². The zero-order chi connectivity index (χ0) is 13.2. The van der Waals surface area contributed by atoms with Gasteiger partial charge in [0, 0.05) is 23.9 Å². The van der Waals surface area contributed by atoms with Gasteiger partial charge in [-0.3, -0.25) is 0 Å². The number of nitrogens with one attached hydrogen (secondary N) is 2. The number of fused-ring (bicyclic) bond motifs is 1. The minimum atomic E-state index is 0.192. The van der Waals surface area contributed by atoms with Crippen molar-refractivity contribution < 1.29 is 5.11 Å². The molecule has 3 rings (SSSR count). The van der Waals surface area contributed by atoms with Crippen LogP contribution in [-0.2, 0) is 13.0 Å². The third-order valence-corrected chi connectivity index (χ3v) is 3.07. The van der Waals surface area contributed by atoms with Crippen LogP contribution in [0.25, 0.3) is 0 Å². The van der Waals surface area contributed by atoms with E-state index < -0.39 is 0 Å². The molecule has 0 amide bonds. The number of benzene rings is 1. The van der Waals surface area contributed by atoms with E-state index in [1.54, 1.807) is 18.2 Å². The predicted molar refractivity (Wildman–Crippen MR) is 73.2 cm³/mol. The molecule has 98 valence electrons. The molecule has 2 aromatic rings. The van der Waals surface area contributed by atoms with Gasteiger partial charge in [0.15, 0.2) is 0 Å². The monoisotopic (exact) mass is 257 g/mol. The molecule has 0 fully saturated rings. The molecule has 0 radical (unpaired) electrons. The normalized spacial score (nSPS) is 13.9. The average molecular weight is 257 g/mol. The summed E-state index contributed by atoms with van der Waals surface area (Å²) in [5.74, 6) is 1.16. The fourth-order valence-corrected chi connectivity index (χ4v) is 2.16. The Bertz CT molecular complexity index is 614. The molecule has 1 aromatic heterocycles. The number of rotatable bonds is 2. The summed E-state index contributed by atoms with van der Waals surface area (Å²) in [5.41, 5.74) is 8.64. The number of phenols is 1. The summed E-state index contributed by atoms with van der Waals surface area (Å²) < 4.78 is 0. The van der Waals surface area contributed by atoms with Gasteiger partial charge < -0.3 is 21.5 Å². The first-order valence-electron chi connectivity index (χ1n) is 6.14. The van der Waals surface area contributed by atoms with E-state index in [4.69, 9.17) is 5.73 Å². The molecule has 19 heavy (non-hydrogen) atoms. The highest BCUT2D eigenvalue weighted by Gasteiger charge is 2.15. The van der Waals surface area contributed by atoms with Crippen LogP contribution >= 0.6 is 0 Å². The quantitative estimate of drug-likeness (QED) is 0.644. The molecule has 1 aliphatic rings. The minimum absolute atomic E-state index is 0.192. The maximum atomic E-state index is 9.42. The second-order valence-electron chi connectivity index (χ2n) is 4.46. The van der Waals surface area contributed by atoms with Crippen LogP contribution in [-0.4, -0.2) is 21.6 Å². The summed E-state index contributed by atoms with van der Waals surface area (Å²) in [4.78, 5) is 8.71. The van der Waals surface area contributed by atoms with Crippen molar-refractivity contribution in [2.24, 2.45) is 0 Å². The second-order valence-corrected chi connectivity index (χ2v) is 4.46. The van der Waals surface area contributed by atoms with E-state index in [0.717, 1.165) is 29.9 Å². The van der Waals surface area contributed by atoms with Gasteiger partial charge in [0.1, 0.15) is 11.6 Å². The lowest BCUT2D eigenvalue weighted by Crippen LogP contribution is -2.26. The van der Waals surface area contributed by atoms with Crippen molar-refractivity contribution in [3.63, 3.8) is 0 Å². The van der Waals surface area contributed by atoms with Crippen molar-refractivity contribution in [1.29, 1.82) is 0 Å². The van der Waals surface area contributed by atoms with E-state index >= 15 is 0 Å². The maximum absolute atomic E-state index is 9.42. The highest BCUT2D eigenvalue weighted by Crippen LogP contribution is 2.22. The molecular weight excluding hydrogens is 242 g/mol. The number of anilines is 3. The van der Waals surface area contributed by atoms with Crippen molar-refractivity contribution >= 4 is 17.5 Å². The van der Waals surface area contributed by atoms with Gasteiger partial charge in [-0.05, 0) is 25.1 Å². The summed E-state index contributed by atoms with van der Waals surface area (Å²) in [6.07, 6.45) is 0.855. The standard InChI is InChI=1S/C13H15N5O/c14-12-10-4-5-15-7-11(10)17-13(18-12)16-8-2-1-3-9(19)6-8/h1-3,6,15,19H,4-5,7H2,(H3,14,16,17,18). The van der Waals surface area contributed by atoms with Crippen molar-refractivity contribution in [1.82, 2.24) is 15.3 Å². The van der Waals surface area contributed by atoms with E-state index in [0.29, 0.717) is 18.3 Å². The molecular formula is C13H15N5O. The predicted octanol–water partition coefficient (Wildman–Crippen LogP) is 1.15. The first-order valence-corrected chi connectivity index (χ1v) is 6.14. The topological polar surface area (TPSA) is 96.1 Å². The molecule has 0 atom stereocenters. The Balaban J connectivity index is 1.91. The van der Waals surface area contributed by atoms with E-state index in [9.17, 15) is 5.11 Å². The molecule has 0 unspecified atom stereocenters. The molecule has 0 saturated heterocycles. The van der Waals surface area contributed by atoms with Crippen LogP contribution in [0.15, 0.2) is 24.3 Å². The number of nitrogens with zero attached hydrogens (tertiary/aromatic N) is 2.